The summed E-state index contributed by atoms with van der Waals surface area (Å²) in [6.07, 6.45) is 10.3. The van der Waals surface area contributed by atoms with Crippen molar-refractivity contribution in [3.05, 3.63) is 0 Å². The van der Waals surface area contributed by atoms with Crippen LogP contribution in [0.3, 0.4) is 0 Å². The molecule has 4 saturated carbocycles. The first-order chi connectivity index (χ1) is 8.55. The Morgan fingerprint density at radius 1 is 1.28 bits per heavy atom. The van der Waals surface area contributed by atoms with Crippen molar-refractivity contribution in [2.24, 2.45) is 23.0 Å². The third-order valence-corrected chi connectivity index (χ3v) is 5.53. The van der Waals surface area contributed by atoms with Gasteiger partial charge in [-0.15, -0.1) is 0 Å². The van der Waals surface area contributed by atoms with Crippen molar-refractivity contribution in [3.8, 4) is 0 Å². The van der Waals surface area contributed by atoms with Crippen molar-refractivity contribution < 1.29 is 4.79 Å². The maximum Gasteiger partial charge on any atom is 0.217 e. The van der Waals surface area contributed by atoms with E-state index >= 15 is 0 Å². The smallest absolute Gasteiger partial charge is 0.217 e. The standard InChI is InChI=1S/C15H26N2O/c1-11(18)17-15-8-12-5-13(9-15)7-14(6-12,10-15)3-2-4-16/h12-13H,2-10,16H2,1H3,(H,17,18). The maximum absolute atomic E-state index is 11.5. The Balaban J connectivity index is 1.81. The minimum atomic E-state index is 0.143. The molecule has 102 valence electrons. The number of carbonyl (C=O) groups is 1. The highest BCUT2D eigenvalue weighted by Crippen LogP contribution is 2.63. The summed E-state index contributed by atoms with van der Waals surface area (Å²) in [6.45, 7) is 2.48. The third kappa shape index (κ3) is 2.07. The van der Waals surface area contributed by atoms with Crippen LogP contribution in [0.5, 0.6) is 0 Å². The van der Waals surface area contributed by atoms with Crippen LogP contribution >= 0.6 is 0 Å². The summed E-state index contributed by atoms with van der Waals surface area (Å²) in [5.41, 5.74) is 6.35. The van der Waals surface area contributed by atoms with Crippen LogP contribution in [-0.4, -0.2) is 18.0 Å². The van der Waals surface area contributed by atoms with Gasteiger partial charge in [0.15, 0.2) is 0 Å². The number of carbonyl (C=O) groups excluding carboxylic acids is 1. The maximum atomic E-state index is 11.5. The molecule has 2 atom stereocenters. The number of amides is 1. The van der Waals surface area contributed by atoms with Crippen molar-refractivity contribution in [1.82, 2.24) is 5.32 Å². The van der Waals surface area contributed by atoms with E-state index in [4.69, 9.17) is 5.73 Å². The van der Waals surface area contributed by atoms with E-state index in [-0.39, 0.29) is 11.4 Å². The minimum Gasteiger partial charge on any atom is -0.351 e. The zero-order valence-electron chi connectivity index (χ0n) is 11.5. The van der Waals surface area contributed by atoms with Gasteiger partial charge in [0, 0.05) is 12.5 Å². The molecule has 3 nitrogen and oxygen atoms in total. The van der Waals surface area contributed by atoms with Crippen LogP contribution in [-0.2, 0) is 4.79 Å². The van der Waals surface area contributed by atoms with E-state index in [0.29, 0.717) is 5.41 Å². The van der Waals surface area contributed by atoms with Gasteiger partial charge >= 0.3 is 0 Å². The van der Waals surface area contributed by atoms with Gasteiger partial charge in [0.05, 0.1) is 0 Å². The summed E-state index contributed by atoms with van der Waals surface area (Å²) in [7, 11) is 0. The van der Waals surface area contributed by atoms with Crippen molar-refractivity contribution in [1.29, 1.82) is 0 Å². The van der Waals surface area contributed by atoms with E-state index in [1.807, 2.05) is 0 Å². The predicted molar refractivity (Wildman–Crippen MR) is 72.0 cm³/mol. The number of hydrogen-bond acceptors (Lipinski definition) is 2. The summed E-state index contributed by atoms with van der Waals surface area (Å²) < 4.78 is 0. The molecule has 1 amide bonds. The molecule has 0 aromatic heterocycles. The molecular weight excluding hydrogens is 224 g/mol. The molecule has 0 spiro atoms. The monoisotopic (exact) mass is 250 g/mol. The second kappa shape index (κ2) is 4.22. The largest absolute Gasteiger partial charge is 0.351 e. The lowest BCUT2D eigenvalue weighted by Crippen LogP contribution is -2.62. The zero-order chi connectivity index (χ0) is 12.8. The molecule has 2 unspecified atom stereocenters. The van der Waals surface area contributed by atoms with Gasteiger partial charge in [-0.3, -0.25) is 4.79 Å². The van der Waals surface area contributed by atoms with Gasteiger partial charge in [-0.25, -0.2) is 0 Å². The first kappa shape index (κ1) is 12.5. The fraction of sp³-hybridized carbons (Fsp3) is 0.933. The van der Waals surface area contributed by atoms with Crippen molar-refractivity contribution in [2.45, 2.75) is 63.8 Å². The Bertz CT molecular complexity index is 338. The molecule has 3 N–H and O–H groups in total. The minimum absolute atomic E-state index is 0.143. The van der Waals surface area contributed by atoms with E-state index in [0.717, 1.165) is 24.8 Å². The molecule has 0 aromatic rings. The molecule has 4 fully saturated rings. The highest BCUT2D eigenvalue weighted by molar-refractivity contribution is 5.74. The fourth-order valence-corrected chi connectivity index (χ4v) is 5.74. The average molecular weight is 250 g/mol. The third-order valence-electron chi connectivity index (χ3n) is 5.53. The first-order valence-electron chi connectivity index (χ1n) is 7.54. The van der Waals surface area contributed by atoms with E-state index < -0.39 is 0 Å². The molecule has 0 radical (unpaired) electrons. The molecule has 4 bridgehead atoms. The van der Waals surface area contributed by atoms with Gasteiger partial charge in [-0.1, -0.05) is 0 Å². The van der Waals surface area contributed by atoms with Gasteiger partial charge in [-0.2, -0.15) is 0 Å². The van der Waals surface area contributed by atoms with Gasteiger partial charge in [-0.05, 0) is 75.2 Å². The average Bonchev–Trinajstić information content (AvgIpc) is 2.22. The fourth-order valence-electron chi connectivity index (χ4n) is 5.74. The second-order valence-corrected chi connectivity index (χ2v) is 7.31. The summed E-state index contributed by atoms with van der Waals surface area (Å²) >= 11 is 0. The van der Waals surface area contributed by atoms with E-state index in [9.17, 15) is 4.79 Å². The van der Waals surface area contributed by atoms with Crippen molar-refractivity contribution in [2.75, 3.05) is 6.54 Å². The quantitative estimate of drug-likeness (QED) is 0.803. The Morgan fingerprint density at radius 3 is 2.50 bits per heavy atom. The SMILES string of the molecule is CC(=O)NC12CC3CC(CC(CCCN)(C3)C1)C2. The van der Waals surface area contributed by atoms with E-state index in [1.165, 1.54) is 44.9 Å². The molecule has 4 rings (SSSR count). The molecule has 3 heteroatoms. The van der Waals surface area contributed by atoms with Gasteiger partial charge in [0.2, 0.25) is 5.91 Å². The summed E-state index contributed by atoms with van der Waals surface area (Å²) in [4.78, 5) is 11.5. The van der Waals surface area contributed by atoms with Crippen LogP contribution in [0.15, 0.2) is 0 Å². The molecule has 0 aromatic carbocycles. The second-order valence-electron chi connectivity index (χ2n) is 7.31. The molecule has 4 aliphatic rings. The van der Waals surface area contributed by atoms with Crippen molar-refractivity contribution in [3.63, 3.8) is 0 Å². The van der Waals surface area contributed by atoms with Crippen LogP contribution in [0.25, 0.3) is 0 Å². The molecule has 18 heavy (non-hydrogen) atoms. The van der Waals surface area contributed by atoms with Crippen LogP contribution in [0.4, 0.5) is 0 Å². The van der Waals surface area contributed by atoms with Crippen LogP contribution in [0.1, 0.15) is 58.3 Å². The number of nitrogens with one attached hydrogen (secondary N) is 1. The van der Waals surface area contributed by atoms with Crippen LogP contribution in [0.2, 0.25) is 0 Å². The predicted octanol–water partition coefficient (Wildman–Crippen LogP) is 2.20. The Kier molecular flexibility index (Phi) is 2.92. The topological polar surface area (TPSA) is 55.1 Å². The number of nitrogens with two attached hydrogens (primary N) is 1. The summed E-state index contributed by atoms with van der Waals surface area (Å²) in [5, 5.41) is 3.32. The Hall–Kier alpha value is -0.570. The van der Waals surface area contributed by atoms with E-state index in [1.54, 1.807) is 6.92 Å². The normalized spacial score (nSPS) is 45.2. The van der Waals surface area contributed by atoms with Gasteiger partial charge in [0.25, 0.3) is 0 Å². The Morgan fingerprint density at radius 2 is 1.94 bits per heavy atom. The molecule has 4 aliphatic carbocycles. The summed E-state index contributed by atoms with van der Waals surface area (Å²) in [5.74, 6) is 1.87. The highest BCUT2D eigenvalue weighted by Gasteiger charge is 2.57. The lowest BCUT2D eigenvalue weighted by Gasteiger charge is -2.62. The van der Waals surface area contributed by atoms with Crippen LogP contribution < -0.4 is 11.1 Å². The lowest BCUT2D eigenvalue weighted by atomic mass is 9.46. The summed E-state index contributed by atoms with van der Waals surface area (Å²) in [6, 6.07) is 0. The molecular formula is C15H26N2O. The van der Waals surface area contributed by atoms with Crippen molar-refractivity contribution >= 4 is 5.91 Å². The lowest BCUT2D eigenvalue weighted by molar-refractivity contribution is -0.129. The number of hydrogen-bond donors (Lipinski definition) is 2. The molecule has 0 aliphatic heterocycles. The molecule has 0 heterocycles. The van der Waals surface area contributed by atoms with Crippen LogP contribution in [0, 0.1) is 17.3 Å². The van der Waals surface area contributed by atoms with Gasteiger partial charge < -0.3 is 11.1 Å². The van der Waals surface area contributed by atoms with E-state index in [2.05, 4.69) is 5.32 Å². The first-order valence-corrected chi connectivity index (χ1v) is 7.54. The Labute approximate surface area is 110 Å². The zero-order valence-corrected chi connectivity index (χ0v) is 11.5. The molecule has 0 saturated heterocycles. The number of rotatable bonds is 4. The highest BCUT2D eigenvalue weighted by atomic mass is 16.1. The van der Waals surface area contributed by atoms with Gasteiger partial charge in [0.1, 0.15) is 0 Å².